The monoisotopic (exact) mass is 235 g/mol. The molecule has 2 saturated heterocycles. The number of fused-ring (bicyclic) bond motifs is 2. The summed E-state index contributed by atoms with van der Waals surface area (Å²) in [6.45, 7) is 1.82. The van der Waals surface area contributed by atoms with E-state index in [9.17, 15) is 9.59 Å². The molecule has 0 aromatic carbocycles. The average molecular weight is 235 g/mol. The summed E-state index contributed by atoms with van der Waals surface area (Å²) in [6.07, 6.45) is 3.73. The fraction of sp³-hybridized carbons (Fsp3) is 0.545. The van der Waals surface area contributed by atoms with Gasteiger partial charge in [0.05, 0.1) is 12.2 Å². The minimum atomic E-state index is -0.438. The minimum absolute atomic E-state index is 0.225. The summed E-state index contributed by atoms with van der Waals surface area (Å²) in [6, 6.07) is -0.291. The molecule has 6 nitrogen and oxygen atoms in total. The fourth-order valence-electron chi connectivity index (χ4n) is 2.44. The lowest BCUT2D eigenvalue weighted by molar-refractivity contribution is -0.171. The molecule has 2 aliphatic heterocycles. The summed E-state index contributed by atoms with van der Waals surface area (Å²) < 4.78 is 5.36. The van der Waals surface area contributed by atoms with Crippen molar-refractivity contribution in [2.24, 2.45) is 0 Å². The van der Waals surface area contributed by atoms with Gasteiger partial charge in [-0.1, -0.05) is 0 Å². The van der Waals surface area contributed by atoms with Gasteiger partial charge in [0.25, 0.3) is 11.8 Å². The molecule has 0 aliphatic carbocycles. The SMILES string of the molecule is CC(c1cn[nH]c1)N1C(=O)C2CCC(O2)C1=O. The molecule has 0 spiro atoms. The van der Waals surface area contributed by atoms with Gasteiger partial charge in [-0.25, -0.2) is 0 Å². The van der Waals surface area contributed by atoms with Gasteiger partial charge >= 0.3 is 0 Å². The molecular weight excluding hydrogens is 222 g/mol. The number of carbonyl (C=O) groups is 2. The number of H-pyrrole nitrogens is 1. The third kappa shape index (κ3) is 1.48. The van der Waals surface area contributed by atoms with Crippen LogP contribution in [-0.4, -0.2) is 39.1 Å². The lowest BCUT2D eigenvalue weighted by atomic mass is 10.1. The number of hydrogen-bond donors (Lipinski definition) is 1. The molecule has 2 bridgehead atoms. The van der Waals surface area contributed by atoms with E-state index in [2.05, 4.69) is 10.2 Å². The molecule has 2 amide bonds. The van der Waals surface area contributed by atoms with Gasteiger partial charge in [0, 0.05) is 11.8 Å². The first-order valence-corrected chi connectivity index (χ1v) is 5.69. The van der Waals surface area contributed by atoms with Crippen LogP contribution in [0.3, 0.4) is 0 Å². The fourth-order valence-corrected chi connectivity index (χ4v) is 2.44. The normalized spacial score (nSPS) is 29.8. The number of aromatic amines is 1. The highest BCUT2D eigenvalue weighted by molar-refractivity contribution is 6.02. The Labute approximate surface area is 97.9 Å². The lowest BCUT2D eigenvalue weighted by Crippen LogP contribution is -2.52. The van der Waals surface area contributed by atoms with Crippen molar-refractivity contribution < 1.29 is 14.3 Å². The van der Waals surface area contributed by atoms with Crippen molar-refractivity contribution in [3.8, 4) is 0 Å². The maximum atomic E-state index is 12.1. The first kappa shape index (κ1) is 10.5. The molecule has 1 aromatic rings. The summed E-state index contributed by atoms with van der Waals surface area (Å²) in [5.74, 6) is -0.449. The number of aromatic nitrogens is 2. The number of rotatable bonds is 2. The summed E-state index contributed by atoms with van der Waals surface area (Å²) in [5, 5.41) is 6.52. The van der Waals surface area contributed by atoms with Gasteiger partial charge in [0.2, 0.25) is 0 Å². The molecule has 3 heterocycles. The molecule has 3 rings (SSSR count). The molecule has 90 valence electrons. The number of amides is 2. The standard InChI is InChI=1S/C11H13N3O3/c1-6(7-4-12-13-5-7)14-10(15)8-2-3-9(17-8)11(14)16/h4-6,8-9H,2-3H2,1H3,(H,12,13). The minimum Gasteiger partial charge on any atom is -0.355 e. The second-order valence-electron chi connectivity index (χ2n) is 4.44. The van der Waals surface area contributed by atoms with E-state index in [0.717, 1.165) is 5.56 Å². The second-order valence-corrected chi connectivity index (χ2v) is 4.44. The molecule has 2 fully saturated rings. The first-order valence-electron chi connectivity index (χ1n) is 5.69. The summed E-state index contributed by atoms with van der Waals surface area (Å²) in [7, 11) is 0. The Bertz CT molecular complexity index is 435. The Balaban J connectivity index is 1.91. The molecular formula is C11H13N3O3. The van der Waals surface area contributed by atoms with E-state index in [1.165, 1.54) is 4.90 Å². The molecule has 1 aromatic heterocycles. The second kappa shape index (κ2) is 3.66. The number of likely N-dealkylation sites (tertiary alicyclic amines) is 1. The van der Waals surface area contributed by atoms with Crippen molar-refractivity contribution in [2.75, 3.05) is 0 Å². The zero-order valence-electron chi connectivity index (χ0n) is 9.42. The van der Waals surface area contributed by atoms with E-state index in [1.807, 2.05) is 6.92 Å². The van der Waals surface area contributed by atoms with Gasteiger partial charge < -0.3 is 4.74 Å². The van der Waals surface area contributed by atoms with Crippen LogP contribution in [0.25, 0.3) is 0 Å². The van der Waals surface area contributed by atoms with Gasteiger partial charge in [-0.3, -0.25) is 19.6 Å². The van der Waals surface area contributed by atoms with Gasteiger partial charge in [-0.05, 0) is 19.8 Å². The smallest absolute Gasteiger partial charge is 0.258 e. The average Bonchev–Trinajstić information content (AvgIpc) is 2.98. The molecule has 2 aliphatic rings. The topological polar surface area (TPSA) is 75.3 Å². The van der Waals surface area contributed by atoms with E-state index in [1.54, 1.807) is 12.4 Å². The number of nitrogens with zero attached hydrogens (tertiary/aromatic N) is 2. The third-order valence-electron chi connectivity index (χ3n) is 3.43. The highest BCUT2D eigenvalue weighted by atomic mass is 16.5. The van der Waals surface area contributed by atoms with Crippen LogP contribution in [-0.2, 0) is 14.3 Å². The van der Waals surface area contributed by atoms with Crippen LogP contribution in [0.5, 0.6) is 0 Å². The number of morpholine rings is 1. The Morgan fingerprint density at radius 3 is 2.59 bits per heavy atom. The van der Waals surface area contributed by atoms with Gasteiger partial charge in [-0.2, -0.15) is 5.10 Å². The van der Waals surface area contributed by atoms with E-state index in [-0.39, 0.29) is 17.9 Å². The summed E-state index contributed by atoms with van der Waals surface area (Å²) in [4.78, 5) is 25.5. The van der Waals surface area contributed by atoms with Crippen LogP contribution in [0.2, 0.25) is 0 Å². The number of ether oxygens (including phenoxy) is 1. The highest BCUT2D eigenvalue weighted by Crippen LogP contribution is 2.33. The molecule has 1 N–H and O–H groups in total. The van der Waals surface area contributed by atoms with Crippen LogP contribution in [0.15, 0.2) is 12.4 Å². The van der Waals surface area contributed by atoms with Gasteiger partial charge in [0.1, 0.15) is 12.2 Å². The number of hydrogen-bond acceptors (Lipinski definition) is 4. The van der Waals surface area contributed by atoms with Crippen molar-refractivity contribution in [3.05, 3.63) is 18.0 Å². The lowest BCUT2D eigenvalue weighted by Gasteiger charge is -2.33. The Kier molecular flexibility index (Phi) is 2.25. The van der Waals surface area contributed by atoms with Gasteiger partial charge in [-0.15, -0.1) is 0 Å². The predicted octanol–water partition coefficient (Wildman–Crippen LogP) is 0.387. The highest BCUT2D eigenvalue weighted by Gasteiger charge is 2.48. The summed E-state index contributed by atoms with van der Waals surface area (Å²) >= 11 is 0. The summed E-state index contributed by atoms with van der Waals surface area (Å²) in [5.41, 5.74) is 0.827. The number of imide groups is 1. The zero-order valence-corrected chi connectivity index (χ0v) is 9.42. The zero-order chi connectivity index (χ0) is 12.0. The van der Waals surface area contributed by atoms with Crippen LogP contribution in [0, 0.1) is 0 Å². The molecule has 3 unspecified atom stereocenters. The van der Waals surface area contributed by atoms with Crippen LogP contribution < -0.4 is 0 Å². The maximum absolute atomic E-state index is 12.1. The molecule has 0 saturated carbocycles. The Hall–Kier alpha value is -1.69. The van der Waals surface area contributed by atoms with Crippen molar-refractivity contribution in [1.29, 1.82) is 0 Å². The van der Waals surface area contributed by atoms with E-state index < -0.39 is 12.2 Å². The predicted molar refractivity (Wildman–Crippen MR) is 56.8 cm³/mol. The van der Waals surface area contributed by atoms with Gasteiger partial charge in [0.15, 0.2) is 0 Å². The van der Waals surface area contributed by atoms with Crippen LogP contribution in [0.1, 0.15) is 31.4 Å². The van der Waals surface area contributed by atoms with Crippen molar-refractivity contribution in [3.63, 3.8) is 0 Å². The van der Waals surface area contributed by atoms with Crippen molar-refractivity contribution in [1.82, 2.24) is 15.1 Å². The van der Waals surface area contributed by atoms with Crippen molar-refractivity contribution in [2.45, 2.75) is 38.0 Å². The largest absolute Gasteiger partial charge is 0.355 e. The van der Waals surface area contributed by atoms with Crippen molar-refractivity contribution >= 4 is 11.8 Å². The maximum Gasteiger partial charge on any atom is 0.258 e. The van der Waals surface area contributed by atoms with Crippen LogP contribution in [0.4, 0.5) is 0 Å². The number of carbonyl (C=O) groups excluding carboxylic acids is 2. The Morgan fingerprint density at radius 1 is 1.41 bits per heavy atom. The molecule has 0 radical (unpaired) electrons. The quantitative estimate of drug-likeness (QED) is 0.752. The number of nitrogens with one attached hydrogen (secondary N) is 1. The molecule has 17 heavy (non-hydrogen) atoms. The van der Waals surface area contributed by atoms with E-state index in [0.29, 0.717) is 12.8 Å². The van der Waals surface area contributed by atoms with E-state index in [4.69, 9.17) is 4.74 Å². The van der Waals surface area contributed by atoms with Crippen LogP contribution >= 0.6 is 0 Å². The van der Waals surface area contributed by atoms with E-state index >= 15 is 0 Å². The Morgan fingerprint density at radius 2 is 2.06 bits per heavy atom. The first-order chi connectivity index (χ1) is 8.18. The third-order valence-corrected chi connectivity index (χ3v) is 3.43. The molecule has 3 atom stereocenters. The molecule has 6 heteroatoms.